The number of sulfone groups is 1. The fourth-order valence-corrected chi connectivity index (χ4v) is 4.99. The van der Waals surface area contributed by atoms with Gasteiger partial charge in [-0.05, 0) is 53.4 Å². The van der Waals surface area contributed by atoms with Crippen molar-refractivity contribution in [2.24, 2.45) is 0 Å². The minimum absolute atomic E-state index is 0.00499. The van der Waals surface area contributed by atoms with Crippen LogP contribution in [-0.4, -0.2) is 20.2 Å². The van der Waals surface area contributed by atoms with E-state index in [4.69, 9.17) is 13.9 Å². The number of anilines is 1. The molecule has 0 bridgehead atoms. The van der Waals surface area contributed by atoms with Crippen molar-refractivity contribution in [1.29, 1.82) is 0 Å². The third kappa shape index (κ3) is 3.75. The van der Waals surface area contributed by atoms with Crippen molar-refractivity contribution in [2.75, 3.05) is 12.1 Å². The van der Waals surface area contributed by atoms with E-state index in [2.05, 4.69) is 10.3 Å². The van der Waals surface area contributed by atoms with Gasteiger partial charge in [-0.1, -0.05) is 12.1 Å². The first-order valence-corrected chi connectivity index (χ1v) is 11.5. The minimum atomic E-state index is -4.04. The summed E-state index contributed by atoms with van der Waals surface area (Å²) in [7, 11) is -4.04. The highest BCUT2D eigenvalue weighted by Crippen LogP contribution is 2.35. The molecule has 0 radical (unpaired) electrons. The summed E-state index contributed by atoms with van der Waals surface area (Å²) < 4.78 is 56.2. The molecule has 0 saturated carbocycles. The molecule has 31 heavy (non-hydrogen) atoms. The Morgan fingerprint density at radius 3 is 2.65 bits per heavy atom. The molecule has 0 atom stereocenters. The Labute approximate surface area is 181 Å². The molecule has 0 amide bonds. The lowest BCUT2D eigenvalue weighted by molar-refractivity contribution is 0.174. The smallest absolute Gasteiger partial charge is 0.240 e. The van der Waals surface area contributed by atoms with Crippen LogP contribution in [0.4, 0.5) is 10.3 Å². The first kappa shape index (κ1) is 19.6. The number of halogens is 1. The molecule has 2 aromatic carbocycles. The number of hydrogen-bond acceptors (Lipinski definition) is 8. The fourth-order valence-electron chi connectivity index (χ4n) is 3.06. The van der Waals surface area contributed by atoms with Gasteiger partial charge in [-0.25, -0.2) is 12.8 Å². The SMILES string of the molecule is O=S(=O)(c1ccc(F)cc1)c1nc(-c2cccs2)oc1NCc1ccc2c(c1)OCO2. The van der Waals surface area contributed by atoms with E-state index in [0.717, 1.165) is 17.7 Å². The summed E-state index contributed by atoms with van der Waals surface area (Å²) in [5, 5.41) is 4.60. The first-order valence-electron chi connectivity index (χ1n) is 9.18. The Morgan fingerprint density at radius 2 is 1.87 bits per heavy atom. The van der Waals surface area contributed by atoms with Crippen LogP contribution in [0.5, 0.6) is 11.5 Å². The van der Waals surface area contributed by atoms with Crippen LogP contribution in [0, 0.1) is 5.82 Å². The van der Waals surface area contributed by atoms with Gasteiger partial charge < -0.3 is 19.2 Å². The van der Waals surface area contributed by atoms with Crippen LogP contribution in [0.2, 0.25) is 0 Å². The molecule has 4 aromatic rings. The molecule has 1 aliphatic heterocycles. The number of nitrogens with one attached hydrogen (secondary N) is 1. The van der Waals surface area contributed by atoms with Crippen molar-refractivity contribution in [3.05, 3.63) is 71.4 Å². The maximum Gasteiger partial charge on any atom is 0.240 e. The third-order valence-corrected chi connectivity index (χ3v) is 7.13. The molecular weight excluding hydrogens is 443 g/mol. The predicted octanol–water partition coefficient (Wildman–Crippen LogP) is 4.72. The number of rotatable bonds is 6. The van der Waals surface area contributed by atoms with Crippen LogP contribution in [-0.2, 0) is 16.4 Å². The van der Waals surface area contributed by atoms with Crippen molar-refractivity contribution < 1.29 is 26.7 Å². The predicted molar refractivity (Wildman–Crippen MR) is 112 cm³/mol. The van der Waals surface area contributed by atoms with Crippen molar-refractivity contribution in [2.45, 2.75) is 16.5 Å². The number of hydrogen-bond donors (Lipinski definition) is 1. The van der Waals surface area contributed by atoms with Crippen LogP contribution in [0.25, 0.3) is 10.8 Å². The van der Waals surface area contributed by atoms with Crippen LogP contribution in [0.3, 0.4) is 0 Å². The molecule has 1 aliphatic rings. The highest BCUT2D eigenvalue weighted by atomic mass is 32.2. The molecule has 1 N–H and O–H groups in total. The van der Waals surface area contributed by atoms with E-state index in [-0.39, 0.29) is 35.0 Å². The average Bonchev–Trinajstić information content (AvgIpc) is 3.52. The lowest BCUT2D eigenvalue weighted by atomic mass is 10.2. The molecule has 158 valence electrons. The van der Waals surface area contributed by atoms with Gasteiger partial charge in [0.2, 0.25) is 33.4 Å². The van der Waals surface area contributed by atoms with Crippen LogP contribution in [0.1, 0.15) is 5.56 Å². The Hall–Kier alpha value is -3.37. The van der Waals surface area contributed by atoms with E-state index in [1.54, 1.807) is 18.2 Å². The number of benzene rings is 2. The molecule has 5 rings (SSSR count). The Balaban J connectivity index is 1.50. The lowest BCUT2D eigenvalue weighted by Gasteiger charge is -2.07. The zero-order valence-corrected chi connectivity index (χ0v) is 17.5. The number of thiophene rings is 1. The van der Waals surface area contributed by atoms with Crippen molar-refractivity contribution in [1.82, 2.24) is 4.98 Å². The Kier molecular flexibility index (Phi) is 4.87. The summed E-state index contributed by atoms with van der Waals surface area (Å²) in [6, 6.07) is 13.6. The van der Waals surface area contributed by atoms with Crippen LogP contribution in [0.15, 0.2) is 74.3 Å². The summed E-state index contributed by atoms with van der Waals surface area (Å²) in [6.45, 7) is 0.431. The third-order valence-electron chi connectivity index (χ3n) is 4.60. The molecular formula is C21H15FN2O5S2. The summed E-state index contributed by atoms with van der Waals surface area (Å²) >= 11 is 1.38. The normalized spacial score (nSPS) is 12.8. The first-order chi connectivity index (χ1) is 15.0. The van der Waals surface area contributed by atoms with E-state index in [0.29, 0.717) is 16.4 Å². The van der Waals surface area contributed by atoms with Gasteiger partial charge in [0, 0.05) is 6.54 Å². The van der Waals surface area contributed by atoms with Gasteiger partial charge in [0.1, 0.15) is 5.82 Å². The van der Waals surface area contributed by atoms with E-state index >= 15 is 0 Å². The number of oxazole rings is 1. The van der Waals surface area contributed by atoms with E-state index in [1.807, 2.05) is 17.5 Å². The molecule has 3 heterocycles. The second-order valence-electron chi connectivity index (χ2n) is 6.63. The molecule has 0 spiro atoms. The topological polar surface area (TPSA) is 90.7 Å². The number of ether oxygens (including phenoxy) is 2. The molecule has 2 aromatic heterocycles. The molecule has 7 nitrogen and oxygen atoms in total. The van der Waals surface area contributed by atoms with E-state index in [1.165, 1.54) is 23.5 Å². The van der Waals surface area contributed by atoms with Gasteiger partial charge >= 0.3 is 0 Å². The van der Waals surface area contributed by atoms with Gasteiger partial charge in [-0.15, -0.1) is 11.3 Å². The largest absolute Gasteiger partial charge is 0.454 e. The standard InChI is InChI=1S/C21H15FN2O5S2/c22-14-4-6-15(7-5-14)31(25,26)21-20(29-19(24-21)18-2-1-9-30-18)23-11-13-3-8-16-17(10-13)28-12-27-16/h1-10,23H,11-12H2. The molecule has 10 heteroatoms. The van der Waals surface area contributed by atoms with E-state index in [9.17, 15) is 12.8 Å². The Bertz CT molecular complexity index is 1330. The van der Waals surface area contributed by atoms with Crippen LogP contribution < -0.4 is 14.8 Å². The second kappa shape index (κ2) is 7.71. The fraction of sp³-hybridized carbons (Fsp3) is 0.0952. The number of fused-ring (bicyclic) bond motifs is 1. The molecule has 0 fully saturated rings. The summed E-state index contributed by atoms with van der Waals surface area (Å²) in [4.78, 5) is 4.86. The zero-order chi connectivity index (χ0) is 21.4. The highest BCUT2D eigenvalue weighted by Gasteiger charge is 2.29. The van der Waals surface area contributed by atoms with Gasteiger partial charge in [0.25, 0.3) is 0 Å². The Morgan fingerprint density at radius 1 is 1.06 bits per heavy atom. The van der Waals surface area contributed by atoms with Gasteiger partial charge in [0.05, 0.1) is 9.77 Å². The van der Waals surface area contributed by atoms with Crippen molar-refractivity contribution in [3.8, 4) is 22.3 Å². The quantitative estimate of drug-likeness (QED) is 0.418. The van der Waals surface area contributed by atoms with Gasteiger partial charge in [-0.3, -0.25) is 0 Å². The second-order valence-corrected chi connectivity index (χ2v) is 9.44. The molecule has 0 aliphatic carbocycles. The van der Waals surface area contributed by atoms with Gasteiger partial charge in [-0.2, -0.15) is 4.98 Å². The number of nitrogens with zero attached hydrogens (tertiary/aromatic N) is 1. The van der Waals surface area contributed by atoms with Crippen molar-refractivity contribution >= 4 is 27.1 Å². The zero-order valence-electron chi connectivity index (χ0n) is 15.9. The monoisotopic (exact) mass is 458 g/mol. The molecule has 0 saturated heterocycles. The minimum Gasteiger partial charge on any atom is -0.454 e. The maximum absolute atomic E-state index is 13.3. The van der Waals surface area contributed by atoms with Crippen molar-refractivity contribution in [3.63, 3.8) is 0 Å². The summed E-state index contributed by atoms with van der Waals surface area (Å²) in [6.07, 6.45) is 0. The van der Waals surface area contributed by atoms with E-state index < -0.39 is 15.7 Å². The maximum atomic E-state index is 13.3. The molecule has 0 unspecified atom stereocenters. The number of aromatic nitrogens is 1. The summed E-state index contributed by atoms with van der Waals surface area (Å²) in [5.74, 6) is 0.937. The highest BCUT2D eigenvalue weighted by molar-refractivity contribution is 7.91. The van der Waals surface area contributed by atoms with Gasteiger partial charge in [0.15, 0.2) is 11.5 Å². The lowest BCUT2D eigenvalue weighted by Crippen LogP contribution is -2.07. The van der Waals surface area contributed by atoms with Crippen LogP contribution >= 0.6 is 11.3 Å². The average molecular weight is 458 g/mol. The summed E-state index contributed by atoms with van der Waals surface area (Å²) in [5.41, 5.74) is 0.837.